The van der Waals surface area contributed by atoms with E-state index in [-0.39, 0.29) is 17.2 Å². The molecular formula is C32H25ClN4O6. The van der Waals surface area contributed by atoms with Gasteiger partial charge in [0.2, 0.25) is 0 Å². The predicted molar refractivity (Wildman–Crippen MR) is 161 cm³/mol. The number of hydrogen-bond acceptors (Lipinski definition) is 8. The zero-order valence-electron chi connectivity index (χ0n) is 23.2. The number of Topliss-reactive ketones (excluding diaryl/α,β-unsaturated/α-hetero) is 1. The summed E-state index contributed by atoms with van der Waals surface area (Å²) < 4.78 is 18.3. The van der Waals surface area contributed by atoms with Gasteiger partial charge in [-0.15, -0.1) is 0 Å². The summed E-state index contributed by atoms with van der Waals surface area (Å²) >= 11 is 6.05. The minimum atomic E-state index is -0.684. The van der Waals surface area contributed by atoms with Crippen molar-refractivity contribution in [2.24, 2.45) is 0 Å². The zero-order valence-corrected chi connectivity index (χ0v) is 24.0. The van der Waals surface area contributed by atoms with Gasteiger partial charge in [-0.2, -0.15) is 0 Å². The highest BCUT2D eigenvalue weighted by Crippen LogP contribution is 2.37. The second-order valence-corrected chi connectivity index (χ2v) is 10.2. The van der Waals surface area contributed by atoms with E-state index in [1.165, 1.54) is 16.8 Å². The molecule has 3 heterocycles. The molecule has 6 rings (SSSR count). The number of halogens is 1. The minimum Gasteiger partial charge on any atom is -0.493 e. The molecule has 0 saturated carbocycles. The number of carbonyl (C=O) groups excluding carboxylic acids is 2. The van der Waals surface area contributed by atoms with E-state index in [1.807, 2.05) is 0 Å². The molecule has 0 atom stereocenters. The number of ketones is 1. The van der Waals surface area contributed by atoms with Crippen molar-refractivity contribution in [3.63, 3.8) is 0 Å². The molecule has 11 heteroatoms. The highest BCUT2D eigenvalue weighted by Gasteiger charge is 2.26. The van der Waals surface area contributed by atoms with E-state index in [9.17, 15) is 14.4 Å². The third-order valence-electron chi connectivity index (χ3n) is 7.16. The molecule has 0 spiro atoms. The molecule has 10 nitrogen and oxygen atoms in total. The van der Waals surface area contributed by atoms with Gasteiger partial charge in [0.15, 0.2) is 17.3 Å². The van der Waals surface area contributed by atoms with Crippen molar-refractivity contribution < 1.29 is 23.8 Å². The maximum Gasteiger partial charge on any atom is 0.268 e. The lowest BCUT2D eigenvalue weighted by molar-refractivity contribution is 0.0971. The Labute approximate surface area is 250 Å². The smallest absolute Gasteiger partial charge is 0.268 e. The van der Waals surface area contributed by atoms with Crippen molar-refractivity contribution in [3.05, 3.63) is 105 Å². The molecule has 216 valence electrons. The zero-order chi connectivity index (χ0) is 30.1. The molecule has 0 saturated heterocycles. The van der Waals surface area contributed by atoms with E-state index < -0.39 is 11.5 Å². The summed E-state index contributed by atoms with van der Waals surface area (Å²) in [5.74, 6) is 1.40. The summed E-state index contributed by atoms with van der Waals surface area (Å²) in [4.78, 5) is 48.4. The number of methoxy groups -OCH3 is 2. The lowest BCUT2D eigenvalue weighted by Gasteiger charge is -2.21. The van der Waals surface area contributed by atoms with Crippen LogP contribution in [-0.2, 0) is 6.42 Å². The van der Waals surface area contributed by atoms with Gasteiger partial charge in [-0.1, -0.05) is 11.6 Å². The van der Waals surface area contributed by atoms with Crippen molar-refractivity contribution in [2.45, 2.75) is 19.3 Å². The Bertz CT molecular complexity index is 1940. The SMILES string of the molecule is COc1cc2nccc(Oc3ccc(NC(=O)c4cc5c(n(-c6ccc(Cl)cc6)c4=O)CCCC5=O)nc3)c2cc1OC. The number of aromatic nitrogens is 3. The summed E-state index contributed by atoms with van der Waals surface area (Å²) in [6.45, 7) is 0. The number of nitrogens with zero attached hydrogens (tertiary/aromatic N) is 3. The van der Waals surface area contributed by atoms with E-state index in [1.54, 1.807) is 75.0 Å². The van der Waals surface area contributed by atoms with Gasteiger partial charge in [-0.05, 0) is 67.4 Å². The molecule has 1 aliphatic carbocycles. The fraction of sp³-hybridized carbons (Fsp3) is 0.156. The maximum atomic E-state index is 13.6. The molecule has 0 aliphatic heterocycles. The fourth-order valence-electron chi connectivity index (χ4n) is 5.08. The molecule has 1 amide bonds. The molecule has 5 aromatic rings. The molecule has 43 heavy (non-hydrogen) atoms. The first-order valence-corrected chi connectivity index (χ1v) is 13.8. The van der Waals surface area contributed by atoms with E-state index in [0.29, 0.717) is 75.1 Å². The second-order valence-electron chi connectivity index (χ2n) is 9.78. The summed E-state index contributed by atoms with van der Waals surface area (Å²) in [6.07, 6.45) is 4.58. The Hall–Kier alpha value is -5.22. The molecule has 1 aliphatic rings. The average molecular weight is 597 g/mol. The van der Waals surface area contributed by atoms with Gasteiger partial charge in [-0.3, -0.25) is 23.9 Å². The Morgan fingerprint density at radius 1 is 0.907 bits per heavy atom. The number of fused-ring (bicyclic) bond motifs is 2. The second kappa shape index (κ2) is 11.6. The number of hydrogen-bond donors (Lipinski definition) is 1. The van der Waals surface area contributed by atoms with Crippen molar-refractivity contribution >= 4 is 40.0 Å². The largest absolute Gasteiger partial charge is 0.493 e. The van der Waals surface area contributed by atoms with Crippen LogP contribution in [0.2, 0.25) is 5.02 Å². The molecule has 0 fully saturated rings. The summed E-state index contributed by atoms with van der Waals surface area (Å²) in [5.41, 5.74) is 1.42. The number of amides is 1. The van der Waals surface area contributed by atoms with Gasteiger partial charge in [-0.25, -0.2) is 4.98 Å². The van der Waals surface area contributed by atoms with E-state index >= 15 is 0 Å². The number of nitrogens with one attached hydrogen (secondary N) is 1. The van der Waals surface area contributed by atoms with Crippen LogP contribution in [0.25, 0.3) is 16.6 Å². The fourth-order valence-corrected chi connectivity index (χ4v) is 5.21. The summed E-state index contributed by atoms with van der Waals surface area (Å²) in [7, 11) is 3.10. The molecule has 0 unspecified atom stereocenters. The van der Waals surface area contributed by atoms with Crippen molar-refractivity contribution in [3.8, 4) is 28.7 Å². The van der Waals surface area contributed by atoms with Crippen LogP contribution >= 0.6 is 11.6 Å². The Morgan fingerprint density at radius 3 is 2.40 bits per heavy atom. The Morgan fingerprint density at radius 2 is 1.67 bits per heavy atom. The standard InChI is InChI=1S/C32H25ClN4O6/c1-41-28-15-21-24(16-29(28)42-2)34-13-12-27(21)43-20-10-11-30(35-17-20)36-31(39)23-14-22-25(4-3-5-26(22)38)37(32(23)40)19-8-6-18(33)7-9-19/h6-17H,3-5H2,1-2H3,(H,35,36,39). The maximum absolute atomic E-state index is 13.6. The molecule has 1 N–H and O–H groups in total. The molecule has 3 aromatic heterocycles. The highest BCUT2D eigenvalue weighted by atomic mass is 35.5. The first-order valence-electron chi connectivity index (χ1n) is 13.4. The van der Waals surface area contributed by atoms with Gasteiger partial charge in [0.25, 0.3) is 11.5 Å². The lowest BCUT2D eigenvalue weighted by atomic mass is 9.92. The summed E-state index contributed by atoms with van der Waals surface area (Å²) in [6, 6.07) is 16.5. The van der Waals surface area contributed by atoms with Crippen LogP contribution in [0.15, 0.2) is 77.9 Å². The predicted octanol–water partition coefficient (Wildman–Crippen LogP) is 6.01. The molecule has 0 radical (unpaired) electrons. The monoisotopic (exact) mass is 596 g/mol. The van der Waals surface area contributed by atoms with Gasteiger partial charge in [0.1, 0.15) is 22.9 Å². The van der Waals surface area contributed by atoms with Gasteiger partial charge in [0, 0.05) is 46.0 Å². The van der Waals surface area contributed by atoms with Crippen LogP contribution in [0.5, 0.6) is 23.0 Å². The van der Waals surface area contributed by atoms with Crippen LogP contribution in [-0.4, -0.2) is 40.4 Å². The van der Waals surface area contributed by atoms with Crippen LogP contribution in [0, 0.1) is 0 Å². The minimum absolute atomic E-state index is 0.114. The Kier molecular flexibility index (Phi) is 7.52. The number of ether oxygens (including phenoxy) is 3. The van der Waals surface area contributed by atoms with E-state index in [2.05, 4.69) is 15.3 Å². The molecular weight excluding hydrogens is 572 g/mol. The normalized spacial score (nSPS) is 12.5. The van der Waals surface area contributed by atoms with Crippen LogP contribution in [0.4, 0.5) is 5.82 Å². The van der Waals surface area contributed by atoms with Crippen LogP contribution in [0.3, 0.4) is 0 Å². The third kappa shape index (κ3) is 5.40. The van der Waals surface area contributed by atoms with E-state index in [0.717, 1.165) is 0 Å². The van der Waals surface area contributed by atoms with Gasteiger partial charge < -0.3 is 19.5 Å². The van der Waals surface area contributed by atoms with Gasteiger partial charge in [0.05, 0.1) is 25.9 Å². The lowest BCUT2D eigenvalue weighted by Crippen LogP contribution is -2.33. The van der Waals surface area contributed by atoms with Crippen LogP contribution in [0.1, 0.15) is 39.3 Å². The summed E-state index contributed by atoms with van der Waals surface area (Å²) in [5, 5.41) is 3.88. The Balaban J connectivity index is 1.28. The first kappa shape index (κ1) is 27.9. The quantitative estimate of drug-likeness (QED) is 0.242. The number of pyridine rings is 3. The highest BCUT2D eigenvalue weighted by molar-refractivity contribution is 6.30. The molecule has 2 aromatic carbocycles. The third-order valence-corrected chi connectivity index (χ3v) is 7.41. The van der Waals surface area contributed by atoms with Crippen molar-refractivity contribution in [2.75, 3.05) is 19.5 Å². The first-order chi connectivity index (χ1) is 20.9. The number of carbonyl (C=O) groups is 2. The molecule has 0 bridgehead atoms. The van der Waals surface area contributed by atoms with Crippen molar-refractivity contribution in [1.82, 2.24) is 14.5 Å². The van der Waals surface area contributed by atoms with Crippen molar-refractivity contribution in [1.29, 1.82) is 0 Å². The topological polar surface area (TPSA) is 122 Å². The van der Waals surface area contributed by atoms with Crippen LogP contribution < -0.4 is 25.1 Å². The number of benzene rings is 2. The van der Waals surface area contributed by atoms with E-state index in [4.69, 9.17) is 25.8 Å². The average Bonchev–Trinajstić information content (AvgIpc) is 3.02. The number of rotatable bonds is 7. The van der Waals surface area contributed by atoms with Gasteiger partial charge >= 0.3 is 0 Å². The number of anilines is 1.